The maximum Gasteiger partial charge on any atom is 0.178 e. The van der Waals surface area contributed by atoms with Crippen molar-refractivity contribution in [2.75, 3.05) is 0 Å². The molecule has 0 radical (unpaired) electrons. The van der Waals surface area contributed by atoms with E-state index in [2.05, 4.69) is 19.1 Å². The Bertz CT molecular complexity index is 859. The molecule has 2 aromatic rings. The first kappa shape index (κ1) is 23.9. The van der Waals surface area contributed by atoms with Crippen LogP contribution in [0.15, 0.2) is 66.3 Å². The minimum Gasteiger partial charge on any atom is -0.489 e. The molecule has 4 heteroatoms. The third-order valence-electron chi connectivity index (χ3n) is 5.71. The molecule has 30 heavy (non-hydrogen) atoms. The van der Waals surface area contributed by atoms with Crippen molar-refractivity contribution in [1.82, 2.24) is 0 Å². The van der Waals surface area contributed by atoms with E-state index in [4.69, 9.17) is 4.74 Å². The summed E-state index contributed by atoms with van der Waals surface area (Å²) in [4.78, 5) is 0. The monoisotopic (exact) mass is 410 g/mol. The van der Waals surface area contributed by atoms with Gasteiger partial charge in [0.25, 0.3) is 0 Å². The van der Waals surface area contributed by atoms with Crippen LogP contribution in [0.1, 0.15) is 69.9 Å². The molecule has 0 aliphatic heterocycles. The van der Waals surface area contributed by atoms with Crippen LogP contribution in [0.5, 0.6) is 5.75 Å². The van der Waals surface area contributed by atoms with E-state index in [0.29, 0.717) is 25.0 Å². The zero-order valence-electron chi connectivity index (χ0n) is 18.4. The van der Waals surface area contributed by atoms with Gasteiger partial charge in [0.15, 0.2) is 6.29 Å². The predicted octanol–water partition coefficient (Wildman–Crippen LogP) is 5.54. The van der Waals surface area contributed by atoms with Gasteiger partial charge in [-0.3, -0.25) is 0 Å². The number of aliphatic hydroxyl groups excluding tert-OH is 1. The summed E-state index contributed by atoms with van der Waals surface area (Å²) in [6.45, 7) is 8.51. The fourth-order valence-electron chi connectivity index (χ4n) is 3.34. The maximum absolute atomic E-state index is 10.7. The molecule has 0 fully saturated rings. The second kappa shape index (κ2) is 11.1. The average Bonchev–Trinajstić information content (AvgIpc) is 2.78. The van der Waals surface area contributed by atoms with Crippen molar-refractivity contribution in [3.05, 3.63) is 82.9 Å². The molecule has 0 heterocycles. The van der Waals surface area contributed by atoms with Crippen LogP contribution in [-0.4, -0.2) is 20.9 Å². The molecule has 162 valence electrons. The van der Waals surface area contributed by atoms with Crippen molar-refractivity contribution in [2.24, 2.45) is 0 Å². The highest BCUT2D eigenvalue weighted by Gasteiger charge is 2.23. The van der Waals surface area contributed by atoms with E-state index in [-0.39, 0.29) is 0 Å². The van der Waals surface area contributed by atoms with Crippen LogP contribution in [0.25, 0.3) is 5.57 Å². The first-order chi connectivity index (χ1) is 14.3. The van der Waals surface area contributed by atoms with Crippen molar-refractivity contribution < 1.29 is 20.1 Å². The van der Waals surface area contributed by atoms with Crippen LogP contribution in [0.4, 0.5) is 0 Å². The van der Waals surface area contributed by atoms with Gasteiger partial charge in [0.1, 0.15) is 12.4 Å². The fourth-order valence-corrected chi connectivity index (χ4v) is 3.34. The lowest BCUT2D eigenvalue weighted by Crippen LogP contribution is -2.27. The fraction of sp³-hybridized carbons (Fsp3) is 0.385. The van der Waals surface area contributed by atoms with Crippen molar-refractivity contribution in [2.45, 2.75) is 65.5 Å². The summed E-state index contributed by atoms with van der Waals surface area (Å²) in [6.07, 6.45) is 4.92. The van der Waals surface area contributed by atoms with Gasteiger partial charge in [-0.1, -0.05) is 69.3 Å². The quantitative estimate of drug-likeness (QED) is 0.355. The largest absolute Gasteiger partial charge is 0.489 e. The van der Waals surface area contributed by atoms with Crippen molar-refractivity contribution >= 4 is 5.57 Å². The lowest BCUT2D eigenvalue weighted by molar-refractivity contribution is -0.0425. The first-order valence-corrected chi connectivity index (χ1v) is 10.6. The third-order valence-corrected chi connectivity index (χ3v) is 5.71. The summed E-state index contributed by atoms with van der Waals surface area (Å²) in [5, 5.41) is 29.0. The Morgan fingerprint density at radius 1 is 1.00 bits per heavy atom. The van der Waals surface area contributed by atoms with Crippen LogP contribution >= 0.6 is 0 Å². The van der Waals surface area contributed by atoms with Crippen molar-refractivity contribution in [3.8, 4) is 5.75 Å². The number of hydrogen-bond acceptors (Lipinski definition) is 4. The van der Waals surface area contributed by atoms with Gasteiger partial charge in [0, 0.05) is 5.56 Å². The van der Waals surface area contributed by atoms with E-state index < -0.39 is 11.9 Å². The SMILES string of the molecule is CCC(=CC=C(C)C(O)(CC)CC)c1cccc(OCc2ccc(C(O)O)cc2)c1. The summed E-state index contributed by atoms with van der Waals surface area (Å²) >= 11 is 0. The normalized spacial score (nSPS) is 13.1. The van der Waals surface area contributed by atoms with Gasteiger partial charge < -0.3 is 20.1 Å². The minimum atomic E-state index is -1.46. The number of ether oxygens (including phenoxy) is 1. The minimum absolute atomic E-state index is 0.398. The van der Waals surface area contributed by atoms with Crippen molar-refractivity contribution in [3.63, 3.8) is 0 Å². The molecular weight excluding hydrogens is 376 g/mol. The molecule has 0 aromatic heterocycles. The van der Waals surface area contributed by atoms with E-state index in [1.54, 1.807) is 12.1 Å². The topological polar surface area (TPSA) is 69.9 Å². The maximum atomic E-state index is 10.7. The lowest BCUT2D eigenvalue weighted by Gasteiger charge is -2.26. The summed E-state index contributed by atoms with van der Waals surface area (Å²) in [6, 6.07) is 15.0. The number of allylic oxidation sites excluding steroid dienone is 3. The highest BCUT2D eigenvalue weighted by atomic mass is 16.5. The number of aliphatic hydroxyl groups is 3. The Morgan fingerprint density at radius 3 is 2.23 bits per heavy atom. The molecule has 0 saturated carbocycles. The van der Waals surface area contributed by atoms with E-state index in [9.17, 15) is 15.3 Å². The number of rotatable bonds is 10. The summed E-state index contributed by atoms with van der Waals surface area (Å²) < 4.78 is 5.93. The molecule has 0 bridgehead atoms. The summed E-state index contributed by atoms with van der Waals surface area (Å²) in [5.41, 5.74) is 3.90. The van der Waals surface area contributed by atoms with Crippen molar-refractivity contribution in [1.29, 1.82) is 0 Å². The van der Waals surface area contributed by atoms with Crippen LogP contribution in [0.2, 0.25) is 0 Å². The highest BCUT2D eigenvalue weighted by molar-refractivity contribution is 5.68. The lowest BCUT2D eigenvalue weighted by atomic mass is 9.88. The molecule has 0 saturated heterocycles. The Balaban J connectivity index is 2.14. The predicted molar refractivity (Wildman–Crippen MR) is 122 cm³/mol. The Labute approximate surface area is 180 Å². The molecule has 0 amide bonds. The number of benzene rings is 2. The van der Waals surface area contributed by atoms with Crippen LogP contribution in [0.3, 0.4) is 0 Å². The van der Waals surface area contributed by atoms with E-state index in [0.717, 1.165) is 28.9 Å². The first-order valence-electron chi connectivity index (χ1n) is 10.6. The molecule has 3 N–H and O–H groups in total. The Hall–Kier alpha value is -2.40. The van der Waals surface area contributed by atoms with Gasteiger partial charge in [-0.2, -0.15) is 0 Å². The van der Waals surface area contributed by atoms with Crippen LogP contribution in [0, 0.1) is 0 Å². The van der Waals surface area contributed by atoms with Gasteiger partial charge >= 0.3 is 0 Å². The van der Waals surface area contributed by atoms with E-state index in [1.165, 1.54) is 5.57 Å². The third kappa shape index (κ3) is 6.30. The standard InChI is InChI=1S/C26H34O4/c1-5-21(14-11-19(4)26(29,6-2)7-3)23-9-8-10-24(17-23)30-18-20-12-15-22(16-13-20)25(27)28/h8-17,25,27-29H,5-7,18H2,1-4H3. The number of hydrogen-bond donors (Lipinski definition) is 3. The van der Waals surface area contributed by atoms with Gasteiger partial charge in [-0.25, -0.2) is 0 Å². The molecule has 2 aromatic carbocycles. The molecular formula is C26H34O4. The molecule has 4 nitrogen and oxygen atoms in total. The summed E-state index contributed by atoms with van der Waals surface area (Å²) in [5.74, 6) is 0.775. The van der Waals surface area contributed by atoms with Crippen LogP contribution in [-0.2, 0) is 6.61 Å². The molecule has 0 aliphatic carbocycles. The zero-order chi connectivity index (χ0) is 22.1. The Kier molecular flexibility index (Phi) is 8.85. The molecule has 0 atom stereocenters. The second-order valence-electron chi connectivity index (χ2n) is 7.57. The average molecular weight is 411 g/mol. The zero-order valence-corrected chi connectivity index (χ0v) is 18.4. The van der Waals surface area contributed by atoms with Gasteiger partial charge in [0.2, 0.25) is 0 Å². The smallest absolute Gasteiger partial charge is 0.178 e. The summed E-state index contributed by atoms with van der Waals surface area (Å²) in [7, 11) is 0. The van der Waals surface area contributed by atoms with E-state index >= 15 is 0 Å². The Morgan fingerprint density at radius 2 is 1.67 bits per heavy atom. The van der Waals surface area contributed by atoms with Gasteiger partial charge in [-0.15, -0.1) is 0 Å². The van der Waals surface area contributed by atoms with Crippen LogP contribution < -0.4 is 4.74 Å². The van der Waals surface area contributed by atoms with Gasteiger partial charge in [-0.05, 0) is 60.6 Å². The van der Waals surface area contributed by atoms with E-state index in [1.807, 2.05) is 57.2 Å². The molecule has 2 rings (SSSR count). The van der Waals surface area contributed by atoms with Gasteiger partial charge in [0.05, 0.1) is 5.60 Å². The molecule has 0 unspecified atom stereocenters. The molecule has 0 spiro atoms. The second-order valence-corrected chi connectivity index (χ2v) is 7.57. The molecule has 0 aliphatic rings. The highest BCUT2D eigenvalue weighted by Crippen LogP contribution is 2.27.